The first-order valence-corrected chi connectivity index (χ1v) is 9.64. The van der Waals surface area contributed by atoms with Gasteiger partial charge in [0.1, 0.15) is 0 Å². The van der Waals surface area contributed by atoms with Crippen molar-refractivity contribution in [3.05, 3.63) is 62.9 Å². The molecule has 2 aromatic carbocycles. The standard InChI is InChI=1S/C17H10Cl3N5OS/c18-9-2-1-3-11(6-9)21-16(26)22-15-23-17-25(24-15)14(8-27-17)12-5-4-10(19)7-13(12)20/h1-8H,(H2,21,22,24,26). The van der Waals surface area contributed by atoms with Gasteiger partial charge in [-0.25, -0.2) is 9.31 Å². The molecule has 0 aliphatic carbocycles. The third-order valence-electron chi connectivity index (χ3n) is 3.60. The van der Waals surface area contributed by atoms with E-state index in [0.29, 0.717) is 25.7 Å². The van der Waals surface area contributed by atoms with Crippen molar-refractivity contribution in [1.82, 2.24) is 14.6 Å². The largest absolute Gasteiger partial charge is 0.326 e. The zero-order chi connectivity index (χ0) is 19.0. The smallest absolute Gasteiger partial charge is 0.308 e. The summed E-state index contributed by atoms with van der Waals surface area (Å²) in [5.41, 5.74) is 2.09. The number of urea groups is 1. The number of aromatic nitrogens is 3. The Morgan fingerprint density at radius 2 is 1.85 bits per heavy atom. The van der Waals surface area contributed by atoms with Crippen LogP contribution in [-0.2, 0) is 0 Å². The first kappa shape index (κ1) is 18.1. The number of rotatable bonds is 3. The molecule has 27 heavy (non-hydrogen) atoms. The van der Waals surface area contributed by atoms with Crippen LogP contribution in [0.1, 0.15) is 0 Å². The normalized spacial score (nSPS) is 10.9. The van der Waals surface area contributed by atoms with Crippen LogP contribution in [0.4, 0.5) is 16.4 Å². The molecular weight excluding hydrogens is 429 g/mol. The summed E-state index contributed by atoms with van der Waals surface area (Å²) in [6.45, 7) is 0. The lowest BCUT2D eigenvalue weighted by atomic mass is 10.2. The number of carbonyl (C=O) groups excluding carboxylic acids is 1. The summed E-state index contributed by atoms with van der Waals surface area (Å²) < 4.78 is 1.62. The van der Waals surface area contributed by atoms with Crippen molar-refractivity contribution in [1.29, 1.82) is 0 Å². The molecule has 6 nitrogen and oxygen atoms in total. The van der Waals surface area contributed by atoms with Gasteiger partial charge in [-0.3, -0.25) is 5.32 Å². The van der Waals surface area contributed by atoms with Crippen LogP contribution in [-0.4, -0.2) is 20.6 Å². The highest BCUT2D eigenvalue weighted by Crippen LogP contribution is 2.33. The minimum Gasteiger partial charge on any atom is -0.308 e. The fourth-order valence-electron chi connectivity index (χ4n) is 2.45. The van der Waals surface area contributed by atoms with Crippen LogP contribution in [0.25, 0.3) is 16.2 Å². The van der Waals surface area contributed by atoms with Gasteiger partial charge in [0, 0.05) is 26.7 Å². The van der Waals surface area contributed by atoms with Crippen molar-refractivity contribution in [2.45, 2.75) is 0 Å². The van der Waals surface area contributed by atoms with Gasteiger partial charge in [0.2, 0.25) is 4.96 Å². The molecule has 0 aliphatic rings. The molecule has 4 aromatic rings. The summed E-state index contributed by atoms with van der Waals surface area (Å²) >= 11 is 19.5. The number of fused-ring (bicyclic) bond motifs is 1. The van der Waals surface area contributed by atoms with Gasteiger partial charge in [0.15, 0.2) is 0 Å². The molecule has 10 heteroatoms. The highest BCUT2D eigenvalue weighted by Gasteiger charge is 2.15. The van der Waals surface area contributed by atoms with E-state index in [-0.39, 0.29) is 5.95 Å². The molecular formula is C17H10Cl3N5OS. The van der Waals surface area contributed by atoms with Crippen molar-refractivity contribution in [2.24, 2.45) is 0 Å². The highest BCUT2D eigenvalue weighted by atomic mass is 35.5. The van der Waals surface area contributed by atoms with Gasteiger partial charge < -0.3 is 5.32 Å². The van der Waals surface area contributed by atoms with Gasteiger partial charge in [0.05, 0.1) is 10.7 Å². The van der Waals surface area contributed by atoms with E-state index in [1.165, 1.54) is 11.3 Å². The lowest BCUT2D eigenvalue weighted by molar-refractivity contribution is 0.262. The van der Waals surface area contributed by atoms with Crippen LogP contribution >= 0.6 is 46.1 Å². The minimum atomic E-state index is -0.471. The Hall–Kier alpha value is -2.32. The SMILES string of the molecule is O=C(Nc1cccc(Cl)c1)Nc1nc2scc(-c3ccc(Cl)cc3Cl)n2n1. The zero-order valence-electron chi connectivity index (χ0n) is 13.4. The summed E-state index contributed by atoms with van der Waals surface area (Å²) in [5.74, 6) is 0.174. The number of thiazole rings is 1. The first-order chi connectivity index (χ1) is 13.0. The number of hydrogen-bond donors (Lipinski definition) is 2. The molecule has 0 radical (unpaired) electrons. The topological polar surface area (TPSA) is 71.3 Å². The molecule has 0 atom stereocenters. The van der Waals surface area contributed by atoms with Crippen molar-refractivity contribution in [3.8, 4) is 11.3 Å². The molecule has 0 saturated carbocycles. The molecule has 4 rings (SSSR count). The average Bonchev–Trinajstić information content (AvgIpc) is 3.15. The first-order valence-electron chi connectivity index (χ1n) is 7.63. The lowest BCUT2D eigenvalue weighted by Gasteiger charge is -2.05. The number of anilines is 2. The van der Waals surface area contributed by atoms with Gasteiger partial charge in [0.25, 0.3) is 5.95 Å². The van der Waals surface area contributed by atoms with E-state index >= 15 is 0 Å². The van der Waals surface area contributed by atoms with Crippen molar-refractivity contribution in [2.75, 3.05) is 10.6 Å². The summed E-state index contributed by atoms with van der Waals surface area (Å²) in [7, 11) is 0. The molecule has 2 N–H and O–H groups in total. The minimum absolute atomic E-state index is 0.174. The zero-order valence-corrected chi connectivity index (χ0v) is 16.5. The fourth-order valence-corrected chi connectivity index (χ4v) is 3.96. The van der Waals surface area contributed by atoms with Crippen LogP contribution in [0.3, 0.4) is 0 Å². The number of hydrogen-bond acceptors (Lipinski definition) is 4. The Bertz CT molecular complexity index is 1160. The maximum Gasteiger partial charge on any atom is 0.326 e. The molecule has 2 aromatic heterocycles. The maximum atomic E-state index is 12.2. The second kappa shape index (κ2) is 7.36. The Balaban J connectivity index is 1.57. The van der Waals surface area contributed by atoms with Gasteiger partial charge in [-0.15, -0.1) is 16.4 Å². The van der Waals surface area contributed by atoms with E-state index in [1.807, 2.05) is 11.4 Å². The second-order valence-corrected chi connectivity index (χ2v) is 7.58. The van der Waals surface area contributed by atoms with Gasteiger partial charge in [-0.05, 0) is 36.4 Å². The van der Waals surface area contributed by atoms with E-state index in [4.69, 9.17) is 34.8 Å². The van der Waals surface area contributed by atoms with Crippen LogP contribution in [0.5, 0.6) is 0 Å². The van der Waals surface area contributed by atoms with E-state index in [2.05, 4.69) is 20.7 Å². The summed E-state index contributed by atoms with van der Waals surface area (Å²) in [4.78, 5) is 17.1. The van der Waals surface area contributed by atoms with Crippen molar-refractivity contribution < 1.29 is 4.79 Å². The Morgan fingerprint density at radius 1 is 1.04 bits per heavy atom. The molecule has 0 spiro atoms. The van der Waals surface area contributed by atoms with E-state index in [1.54, 1.807) is 40.9 Å². The quantitative estimate of drug-likeness (QED) is 0.408. The Morgan fingerprint density at radius 3 is 2.63 bits per heavy atom. The maximum absolute atomic E-state index is 12.2. The molecule has 136 valence electrons. The number of amides is 2. The molecule has 0 saturated heterocycles. The third kappa shape index (κ3) is 3.86. The van der Waals surface area contributed by atoms with E-state index < -0.39 is 6.03 Å². The number of halogens is 3. The molecule has 0 unspecified atom stereocenters. The number of nitrogens with one attached hydrogen (secondary N) is 2. The average molecular weight is 439 g/mol. The number of nitrogens with zero attached hydrogens (tertiary/aromatic N) is 3. The summed E-state index contributed by atoms with van der Waals surface area (Å²) in [5, 5.41) is 13.1. The fraction of sp³-hybridized carbons (Fsp3) is 0. The summed E-state index contributed by atoms with van der Waals surface area (Å²) in [6, 6.07) is 11.6. The van der Waals surface area contributed by atoms with Crippen molar-refractivity contribution in [3.63, 3.8) is 0 Å². The monoisotopic (exact) mass is 437 g/mol. The van der Waals surface area contributed by atoms with Crippen LogP contribution in [0, 0.1) is 0 Å². The van der Waals surface area contributed by atoms with Crippen LogP contribution in [0.2, 0.25) is 15.1 Å². The second-order valence-electron chi connectivity index (χ2n) is 5.46. The van der Waals surface area contributed by atoms with E-state index in [0.717, 1.165) is 11.3 Å². The molecule has 0 bridgehead atoms. The predicted molar refractivity (Wildman–Crippen MR) is 110 cm³/mol. The lowest BCUT2D eigenvalue weighted by Crippen LogP contribution is -2.20. The van der Waals surface area contributed by atoms with Crippen molar-refractivity contribution >= 4 is 68.8 Å². The van der Waals surface area contributed by atoms with Gasteiger partial charge >= 0.3 is 6.03 Å². The number of benzene rings is 2. The van der Waals surface area contributed by atoms with Crippen LogP contribution in [0.15, 0.2) is 47.8 Å². The van der Waals surface area contributed by atoms with Crippen LogP contribution < -0.4 is 10.6 Å². The summed E-state index contributed by atoms with van der Waals surface area (Å²) in [6.07, 6.45) is 0. The molecule has 2 amide bonds. The number of carbonyl (C=O) groups is 1. The molecule has 2 heterocycles. The third-order valence-corrected chi connectivity index (χ3v) is 5.20. The Labute approximate surface area is 172 Å². The van der Waals surface area contributed by atoms with Gasteiger partial charge in [-0.2, -0.15) is 4.98 Å². The highest BCUT2D eigenvalue weighted by molar-refractivity contribution is 7.15. The van der Waals surface area contributed by atoms with Gasteiger partial charge in [-0.1, -0.05) is 40.9 Å². The Kier molecular flexibility index (Phi) is 4.92. The van der Waals surface area contributed by atoms with E-state index in [9.17, 15) is 4.79 Å². The molecule has 0 aliphatic heterocycles. The molecule has 0 fully saturated rings. The predicted octanol–water partition coefficient (Wildman–Crippen LogP) is 6.06.